The van der Waals surface area contributed by atoms with Gasteiger partial charge in [-0.3, -0.25) is 4.79 Å². The molecular formula is C10H11ClFNO. The molecule has 0 radical (unpaired) electrons. The van der Waals surface area contributed by atoms with Gasteiger partial charge in [-0.05, 0) is 31.7 Å². The Bertz CT molecular complexity index is 365. The Morgan fingerprint density at radius 3 is 2.79 bits per heavy atom. The predicted octanol–water partition coefficient (Wildman–Crippen LogP) is 2.19. The molecule has 1 rings (SSSR count). The van der Waals surface area contributed by atoms with E-state index in [1.54, 1.807) is 14.0 Å². The van der Waals surface area contributed by atoms with E-state index < -0.39 is 5.82 Å². The number of likely N-dealkylation sites (N-methyl/N-ethyl adjacent to an activating group) is 1. The monoisotopic (exact) mass is 215 g/mol. The lowest BCUT2D eigenvalue weighted by Crippen LogP contribution is -2.19. The van der Waals surface area contributed by atoms with E-state index in [1.165, 1.54) is 12.1 Å². The van der Waals surface area contributed by atoms with Crippen LogP contribution in [0.2, 0.25) is 5.02 Å². The summed E-state index contributed by atoms with van der Waals surface area (Å²) < 4.78 is 13.1. The molecule has 0 unspecified atom stereocenters. The summed E-state index contributed by atoms with van der Waals surface area (Å²) in [6.07, 6.45) is 0. The number of carbonyl (C=O) groups excluding carboxylic acids is 1. The second-order valence-electron chi connectivity index (χ2n) is 3.03. The maximum atomic E-state index is 13.1. The van der Waals surface area contributed by atoms with E-state index in [2.05, 4.69) is 5.32 Å². The number of benzene rings is 1. The Labute approximate surface area is 87.1 Å². The van der Waals surface area contributed by atoms with Crippen LogP contribution >= 0.6 is 11.6 Å². The number of hydrogen-bond donors (Lipinski definition) is 1. The number of ketones is 1. The van der Waals surface area contributed by atoms with Gasteiger partial charge in [0.25, 0.3) is 0 Å². The Morgan fingerprint density at radius 2 is 2.21 bits per heavy atom. The standard InChI is InChI=1S/C10H11ClFNO/c1-6-3-8(11)7(4-9(6)12)10(14)5-13-2/h3-4,13H,5H2,1-2H3. The van der Waals surface area contributed by atoms with Crippen molar-refractivity contribution in [1.82, 2.24) is 5.32 Å². The van der Waals surface area contributed by atoms with Gasteiger partial charge in [0.15, 0.2) is 5.78 Å². The highest BCUT2D eigenvalue weighted by Crippen LogP contribution is 2.20. The van der Waals surface area contributed by atoms with E-state index in [4.69, 9.17) is 11.6 Å². The summed E-state index contributed by atoms with van der Waals surface area (Å²) in [6.45, 7) is 1.76. The van der Waals surface area contributed by atoms with E-state index in [0.29, 0.717) is 10.6 Å². The number of rotatable bonds is 3. The quantitative estimate of drug-likeness (QED) is 0.784. The highest BCUT2D eigenvalue weighted by atomic mass is 35.5. The molecule has 0 amide bonds. The van der Waals surface area contributed by atoms with Crippen molar-refractivity contribution in [1.29, 1.82) is 0 Å². The maximum absolute atomic E-state index is 13.1. The predicted molar refractivity (Wildman–Crippen MR) is 54.4 cm³/mol. The molecule has 0 aliphatic heterocycles. The summed E-state index contributed by atoms with van der Waals surface area (Å²) >= 11 is 5.82. The molecule has 1 aromatic rings. The molecule has 0 spiro atoms. The molecular weight excluding hydrogens is 205 g/mol. The van der Waals surface area contributed by atoms with Gasteiger partial charge in [-0.2, -0.15) is 0 Å². The highest BCUT2D eigenvalue weighted by molar-refractivity contribution is 6.34. The molecule has 4 heteroatoms. The number of carbonyl (C=O) groups is 1. The van der Waals surface area contributed by atoms with Crippen molar-refractivity contribution >= 4 is 17.4 Å². The van der Waals surface area contributed by atoms with Crippen LogP contribution in [0.4, 0.5) is 4.39 Å². The molecule has 2 nitrogen and oxygen atoms in total. The van der Waals surface area contributed by atoms with Gasteiger partial charge in [-0.1, -0.05) is 11.6 Å². The maximum Gasteiger partial charge on any atom is 0.178 e. The number of halogens is 2. The Balaban J connectivity index is 3.09. The molecule has 1 aromatic carbocycles. The highest BCUT2D eigenvalue weighted by Gasteiger charge is 2.12. The van der Waals surface area contributed by atoms with Crippen molar-refractivity contribution in [3.63, 3.8) is 0 Å². The third kappa shape index (κ3) is 2.30. The van der Waals surface area contributed by atoms with Crippen LogP contribution in [0, 0.1) is 12.7 Å². The molecule has 14 heavy (non-hydrogen) atoms. The molecule has 0 saturated carbocycles. The lowest BCUT2D eigenvalue weighted by molar-refractivity contribution is 0.0993. The van der Waals surface area contributed by atoms with E-state index in [9.17, 15) is 9.18 Å². The summed E-state index contributed by atoms with van der Waals surface area (Å²) in [6, 6.07) is 2.64. The van der Waals surface area contributed by atoms with Crippen LogP contribution in [0.1, 0.15) is 15.9 Å². The van der Waals surface area contributed by atoms with E-state index >= 15 is 0 Å². The van der Waals surface area contributed by atoms with Gasteiger partial charge in [0, 0.05) is 5.56 Å². The van der Waals surface area contributed by atoms with Gasteiger partial charge in [-0.25, -0.2) is 4.39 Å². The van der Waals surface area contributed by atoms with Crippen LogP contribution in [-0.2, 0) is 0 Å². The molecule has 1 N–H and O–H groups in total. The first-order chi connectivity index (χ1) is 6.56. The van der Waals surface area contributed by atoms with Crippen LogP contribution in [0.3, 0.4) is 0 Å². The van der Waals surface area contributed by atoms with E-state index in [-0.39, 0.29) is 17.9 Å². The van der Waals surface area contributed by atoms with Crippen LogP contribution in [0.25, 0.3) is 0 Å². The summed E-state index contributed by atoms with van der Waals surface area (Å²) in [5, 5.41) is 2.99. The Morgan fingerprint density at radius 1 is 1.57 bits per heavy atom. The zero-order valence-corrected chi connectivity index (χ0v) is 8.78. The summed E-state index contributed by atoms with van der Waals surface area (Å²) in [5.41, 5.74) is 0.667. The van der Waals surface area contributed by atoms with Gasteiger partial charge in [-0.15, -0.1) is 0 Å². The number of aryl methyl sites for hydroxylation is 1. The van der Waals surface area contributed by atoms with Crippen molar-refractivity contribution in [2.45, 2.75) is 6.92 Å². The first-order valence-electron chi connectivity index (χ1n) is 4.19. The largest absolute Gasteiger partial charge is 0.313 e. The third-order valence-corrected chi connectivity index (χ3v) is 2.20. The molecule has 0 heterocycles. The lowest BCUT2D eigenvalue weighted by Gasteiger charge is -2.05. The molecule has 0 aliphatic carbocycles. The second kappa shape index (κ2) is 4.53. The van der Waals surface area contributed by atoms with Crippen molar-refractivity contribution in [3.05, 3.63) is 34.1 Å². The molecule has 76 valence electrons. The third-order valence-electron chi connectivity index (χ3n) is 1.89. The molecule has 0 aromatic heterocycles. The summed E-state index contributed by atoms with van der Waals surface area (Å²) in [7, 11) is 1.65. The van der Waals surface area contributed by atoms with Gasteiger partial charge in [0.05, 0.1) is 11.6 Å². The first kappa shape index (κ1) is 11.1. The first-order valence-corrected chi connectivity index (χ1v) is 4.57. The zero-order valence-electron chi connectivity index (χ0n) is 8.03. The average Bonchev–Trinajstić information content (AvgIpc) is 2.11. The molecule has 0 aliphatic rings. The SMILES string of the molecule is CNCC(=O)c1cc(F)c(C)cc1Cl. The normalized spacial score (nSPS) is 10.3. The van der Waals surface area contributed by atoms with Crippen molar-refractivity contribution in [2.75, 3.05) is 13.6 Å². The minimum Gasteiger partial charge on any atom is -0.313 e. The van der Waals surface area contributed by atoms with Gasteiger partial charge in [0.1, 0.15) is 5.82 Å². The average molecular weight is 216 g/mol. The lowest BCUT2D eigenvalue weighted by atomic mass is 10.1. The van der Waals surface area contributed by atoms with Crippen LogP contribution in [-0.4, -0.2) is 19.4 Å². The topological polar surface area (TPSA) is 29.1 Å². The molecule has 0 saturated heterocycles. The molecule has 0 atom stereocenters. The smallest absolute Gasteiger partial charge is 0.178 e. The number of Topliss-reactive ketones (excluding diaryl/α,β-unsaturated/α-hetero) is 1. The minimum atomic E-state index is -0.408. The Hall–Kier alpha value is -0.930. The Kier molecular flexibility index (Phi) is 3.61. The van der Waals surface area contributed by atoms with Crippen LogP contribution in [0.5, 0.6) is 0 Å². The van der Waals surface area contributed by atoms with Crippen molar-refractivity contribution in [3.8, 4) is 0 Å². The summed E-state index contributed by atoms with van der Waals surface area (Å²) in [5.74, 6) is -0.620. The van der Waals surface area contributed by atoms with E-state index in [0.717, 1.165) is 0 Å². The van der Waals surface area contributed by atoms with E-state index in [1.807, 2.05) is 0 Å². The second-order valence-corrected chi connectivity index (χ2v) is 3.44. The molecule has 0 bridgehead atoms. The van der Waals surface area contributed by atoms with Gasteiger partial charge in [0.2, 0.25) is 0 Å². The number of nitrogens with one attached hydrogen (secondary N) is 1. The molecule has 0 fully saturated rings. The van der Waals surface area contributed by atoms with Gasteiger partial charge >= 0.3 is 0 Å². The van der Waals surface area contributed by atoms with Gasteiger partial charge < -0.3 is 5.32 Å². The van der Waals surface area contributed by atoms with Crippen LogP contribution in [0.15, 0.2) is 12.1 Å². The summed E-state index contributed by atoms with van der Waals surface area (Å²) in [4.78, 5) is 11.4. The number of hydrogen-bond acceptors (Lipinski definition) is 2. The fraction of sp³-hybridized carbons (Fsp3) is 0.300. The minimum absolute atomic E-state index is 0.155. The van der Waals surface area contributed by atoms with Crippen LogP contribution < -0.4 is 5.32 Å². The fourth-order valence-corrected chi connectivity index (χ4v) is 1.44. The zero-order chi connectivity index (χ0) is 10.7. The fourth-order valence-electron chi connectivity index (χ4n) is 1.12. The van der Waals surface area contributed by atoms with Crippen molar-refractivity contribution in [2.24, 2.45) is 0 Å². The van der Waals surface area contributed by atoms with Crippen molar-refractivity contribution < 1.29 is 9.18 Å².